The summed E-state index contributed by atoms with van der Waals surface area (Å²) in [7, 11) is 0. The van der Waals surface area contributed by atoms with Gasteiger partial charge in [0, 0.05) is 31.4 Å². The number of amides is 1. The van der Waals surface area contributed by atoms with Gasteiger partial charge in [0.25, 0.3) is 0 Å². The Labute approximate surface area is 154 Å². The van der Waals surface area contributed by atoms with Crippen LogP contribution in [0.3, 0.4) is 0 Å². The minimum Gasteiger partial charge on any atom is -0.371 e. The molecule has 3 rings (SSSR count). The van der Waals surface area contributed by atoms with Crippen molar-refractivity contribution in [2.75, 3.05) is 37.6 Å². The molecule has 1 aromatic rings. The van der Waals surface area contributed by atoms with Crippen LogP contribution in [0.1, 0.15) is 39.0 Å². The molecule has 2 aliphatic heterocycles. The third kappa shape index (κ3) is 4.53. The number of carbonyl (C=O) groups excluding carboxylic acids is 1. The SMILES string of the molecule is CCCN1CCCC[C@@H]1C(=O)NC[C@H]1CCN(c2ccc(F)c(F)c2)C1. The molecule has 0 aliphatic carbocycles. The van der Waals surface area contributed by atoms with E-state index in [1.807, 2.05) is 0 Å². The van der Waals surface area contributed by atoms with Crippen LogP contribution >= 0.6 is 0 Å². The summed E-state index contributed by atoms with van der Waals surface area (Å²) in [5.41, 5.74) is 0.708. The highest BCUT2D eigenvalue weighted by Crippen LogP contribution is 2.25. The number of benzene rings is 1. The fourth-order valence-electron chi connectivity index (χ4n) is 4.12. The van der Waals surface area contributed by atoms with Crippen LogP contribution in [0.15, 0.2) is 18.2 Å². The van der Waals surface area contributed by atoms with Crippen LogP contribution < -0.4 is 10.2 Å². The molecule has 2 heterocycles. The Kier molecular flexibility index (Phi) is 6.46. The molecule has 26 heavy (non-hydrogen) atoms. The maximum absolute atomic E-state index is 13.4. The van der Waals surface area contributed by atoms with Gasteiger partial charge in [-0.1, -0.05) is 13.3 Å². The van der Waals surface area contributed by atoms with Gasteiger partial charge in [0.2, 0.25) is 5.91 Å². The molecule has 1 amide bonds. The van der Waals surface area contributed by atoms with Crippen LogP contribution in [0.5, 0.6) is 0 Å². The van der Waals surface area contributed by atoms with E-state index in [4.69, 9.17) is 0 Å². The summed E-state index contributed by atoms with van der Waals surface area (Å²) in [6, 6.07) is 4.04. The molecule has 0 spiro atoms. The Hall–Kier alpha value is -1.69. The molecular weight excluding hydrogens is 336 g/mol. The summed E-state index contributed by atoms with van der Waals surface area (Å²) in [5.74, 6) is -1.15. The van der Waals surface area contributed by atoms with Gasteiger partial charge in [-0.2, -0.15) is 0 Å². The molecule has 2 aliphatic rings. The lowest BCUT2D eigenvalue weighted by molar-refractivity contribution is -0.127. The van der Waals surface area contributed by atoms with Crippen LogP contribution in [0.2, 0.25) is 0 Å². The first-order chi connectivity index (χ1) is 12.6. The zero-order valence-corrected chi connectivity index (χ0v) is 15.5. The maximum Gasteiger partial charge on any atom is 0.237 e. The van der Waals surface area contributed by atoms with Gasteiger partial charge >= 0.3 is 0 Å². The number of carbonyl (C=O) groups is 1. The maximum atomic E-state index is 13.4. The highest BCUT2D eigenvalue weighted by molar-refractivity contribution is 5.81. The van der Waals surface area contributed by atoms with Gasteiger partial charge in [-0.25, -0.2) is 8.78 Å². The Morgan fingerprint density at radius 3 is 2.81 bits per heavy atom. The van der Waals surface area contributed by atoms with Crippen molar-refractivity contribution >= 4 is 11.6 Å². The van der Waals surface area contributed by atoms with E-state index < -0.39 is 11.6 Å². The number of halogens is 2. The Balaban J connectivity index is 1.49. The summed E-state index contributed by atoms with van der Waals surface area (Å²) >= 11 is 0. The van der Waals surface area contributed by atoms with Crippen LogP contribution in [0.4, 0.5) is 14.5 Å². The molecule has 2 atom stereocenters. The predicted molar refractivity (Wildman–Crippen MR) is 99.2 cm³/mol. The molecular formula is C20H29F2N3O. The average molecular weight is 365 g/mol. The molecule has 0 radical (unpaired) electrons. The highest BCUT2D eigenvalue weighted by atomic mass is 19.2. The number of rotatable bonds is 6. The number of hydrogen-bond acceptors (Lipinski definition) is 3. The highest BCUT2D eigenvalue weighted by Gasteiger charge is 2.29. The van der Waals surface area contributed by atoms with Crippen LogP contribution in [-0.2, 0) is 4.79 Å². The third-order valence-corrected chi connectivity index (χ3v) is 5.55. The summed E-state index contributed by atoms with van der Waals surface area (Å²) < 4.78 is 26.5. The second kappa shape index (κ2) is 8.80. The molecule has 2 fully saturated rings. The lowest BCUT2D eigenvalue weighted by Gasteiger charge is -2.34. The number of nitrogens with one attached hydrogen (secondary N) is 1. The predicted octanol–water partition coefficient (Wildman–Crippen LogP) is 3.17. The van der Waals surface area contributed by atoms with E-state index in [2.05, 4.69) is 22.0 Å². The molecule has 0 unspecified atom stereocenters. The number of hydrogen-bond donors (Lipinski definition) is 1. The fraction of sp³-hybridized carbons (Fsp3) is 0.650. The topological polar surface area (TPSA) is 35.6 Å². The quantitative estimate of drug-likeness (QED) is 0.841. The van der Waals surface area contributed by atoms with E-state index in [1.165, 1.54) is 18.6 Å². The second-order valence-electron chi connectivity index (χ2n) is 7.49. The lowest BCUT2D eigenvalue weighted by Crippen LogP contribution is -2.50. The molecule has 0 aromatic heterocycles. The zero-order chi connectivity index (χ0) is 18.5. The van der Waals surface area contributed by atoms with E-state index in [0.717, 1.165) is 51.9 Å². The average Bonchev–Trinajstić information content (AvgIpc) is 3.12. The van der Waals surface area contributed by atoms with Gasteiger partial charge in [0.15, 0.2) is 11.6 Å². The van der Waals surface area contributed by atoms with E-state index in [-0.39, 0.29) is 11.9 Å². The minimum absolute atomic E-state index is 0.00685. The molecule has 1 aromatic carbocycles. The molecule has 4 nitrogen and oxygen atoms in total. The van der Waals surface area contributed by atoms with E-state index >= 15 is 0 Å². The standard InChI is InChI=1S/C20H29F2N3O/c1-2-9-24-10-4-3-5-19(24)20(26)23-13-15-8-11-25(14-15)16-6-7-17(21)18(22)12-16/h6-7,12,15,19H,2-5,8-11,13-14H2,1H3,(H,23,26)/t15-,19-/m1/s1. The van der Waals surface area contributed by atoms with Crippen LogP contribution in [-0.4, -0.2) is 49.6 Å². The molecule has 6 heteroatoms. The van der Waals surface area contributed by atoms with Gasteiger partial charge in [0.1, 0.15) is 0 Å². The lowest BCUT2D eigenvalue weighted by atomic mass is 10.0. The van der Waals surface area contributed by atoms with Crippen molar-refractivity contribution in [2.24, 2.45) is 5.92 Å². The minimum atomic E-state index is -0.819. The Morgan fingerprint density at radius 1 is 1.19 bits per heavy atom. The van der Waals surface area contributed by atoms with Crippen LogP contribution in [0, 0.1) is 17.6 Å². The van der Waals surface area contributed by atoms with Gasteiger partial charge in [-0.15, -0.1) is 0 Å². The summed E-state index contributed by atoms with van der Waals surface area (Å²) in [4.78, 5) is 17.0. The Bertz CT molecular complexity index is 623. The number of piperidine rings is 1. The summed E-state index contributed by atoms with van der Waals surface area (Å²) in [5, 5.41) is 3.13. The van der Waals surface area contributed by atoms with E-state index in [0.29, 0.717) is 18.2 Å². The summed E-state index contributed by atoms with van der Waals surface area (Å²) in [6.07, 6.45) is 5.25. The largest absolute Gasteiger partial charge is 0.371 e. The molecule has 1 N–H and O–H groups in total. The molecule has 2 saturated heterocycles. The third-order valence-electron chi connectivity index (χ3n) is 5.55. The van der Waals surface area contributed by atoms with Crippen molar-refractivity contribution in [3.05, 3.63) is 29.8 Å². The normalized spacial score (nSPS) is 24.0. The Morgan fingerprint density at radius 2 is 2.04 bits per heavy atom. The first-order valence-corrected chi connectivity index (χ1v) is 9.80. The van der Waals surface area contributed by atoms with Crippen molar-refractivity contribution in [1.82, 2.24) is 10.2 Å². The van der Waals surface area contributed by atoms with E-state index in [1.54, 1.807) is 6.07 Å². The van der Waals surface area contributed by atoms with Crippen molar-refractivity contribution in [2.45, 2.75) is 45.1 Å². The molecule has 144 valence electrons. The first kappa shape index (κ1) is 19.1. The fourth-order valence-corrected chi connectivity index (χ4v) is 4.12. The summed E-state index contributed by atoms with van der Waals surface area (Å²) in [6.45, 7) is 6.35. The van der Waals surface area contributed by atoms with E-state index in [9.17, 15) is 13.6 Å². The second-order valence-corrected chi connectivity index (χ2v) is 7.49. The first-order valence-electron chi connectivity index (χ1n) is 9.80. The zero-order valence-electron chi connectivity index (χ0n) is 15.5. The van der Waals surface area contributed by atoms with Crippen molar-refractivity contribution < 1.29 is 13.6 Å². The van der Waals surface area contributed by atoms with Gasteiger partial charge in [-0.05, 0) is 56.8 Å². The monoisotopic (exact) mass is 365 g/mol. The molecule has 0 bridgehead atoms. The van der Waals surface area contributed by atoms with Crippen molar-refractivity contribution in [1.29, 1.82) is 0 Å². The van der Waals surface area contributed by atoms with Gasteiger partial charge < -0.3 is 10.2 Å². The van der Waals surface area contributed by atoms with Crippen LogP contribution in [0.25, 0.3) is 0 Å². The van der Waals surface area contributed by atoms with Gasteiger partial charge in [-0.3, -0.25) is 9.69 Å². The smallest absolute Gasteiger partial charge is 0.237 e. The van der Waals surface area contributed by atoms with Gasteiger partial charge in [0.05, 0.1) is 6.04 Å². The molecule has 0 saturated carbocycles. The van der Waals surface area contributed by atoms with Crippen molar-refractivity contribution in [3.8, 4) is 0 Å². The van der Waals surface area contributed by atoms with Crippen molar-refractivity contribution in [3.63, 3.8) is 0 Å². The number of likely N-dealkylation sites (tertiary alicyclic amines) is 1. The number of anilines is 1. The number of nitrogens with zero attached hydrogens (tertiary/aromatic N) is 2.